The van der Waals surface area contributed by atoms with Gasteiger partial charge in [0.25, 0.3) is 5.91 Å². The van der Waals surface area contributed by atoms with Gasteiger partial charge in [-0.1, -0.05) is 36.4 Å². The van der Waals surface area contributed by atoms with Crippen molar-refractivity contribution in [2.75, 3.05) is 0 Å². The number of aromatic nitrogens is 1. The average molecular weight is 392 g/mol. The summed E-state index contributed by atoms with van der Waals surface area (Å²) in [5.41, 5.74) is 2.19. The van der Waals surface area contributed by atoms with Crippen molar-refractivity contribution in [2.45, 2.75) is 26.0 Å². The number of nitrogens with zero attached hydrogens (tertiary/aromatic N) is 1. The van der Waals surface area contributed by atoms with Crippen LogP contribution in [0.3, 0.4) is 0 Å². The molecule has 1 aromatic heterocycles. The van der Waals surface area contributed by atoms with Crippen molar-refractivity contribution < 1.29 is 18.7 Å². The summed E-state index contributed by atoms with van der Waals surface area (Å²) in [6.45, 7) is 3.26. The van der Waals surface area contributed by atoms with Crippen molar-refractivity contribution in [1.82, 2.24) is 10.3 Å². The number of pyridine rings is 1. The van der Waals surface area contributed by atoms with Crippen molar-refractivity contribution in [3.63, 3.8) is 0 Å². The van der Waals surface area contributed by atoms with Crippen LogP contribution in [0.4, 0.5) is 4.39 Å². The summed E-state index contributed by atoms with van der Waals surface area (Å²) in [6.07, 6.45) is 1.81. The van der Waals surface area contributed by atoms with Crippen LogP contribution in [-0.2, 0) is 14.3 Å². The Morgan fingerprint density at radius 3 is 2.52 bits per heavy atom. The van der Waals surface area contributed by atoms with E-state index in [2.05, 4.69) is 10.3 Å². The largest absolute Gasteiger partial charge is 0.449 e. The summed E-state index contributed by atoms with van der Waals surface area (Å²) in [6, 6.07) is 16.9. The Kier molecular flexibility index (Phi) is 6.34. The predicted octanol–water partition coefficient (Wildman–Crippen LogP) is 4.20. The van der Waals surface area contributed by atoms with E-state index in [4.69, 9.17) is 4.74 Å². The van der Waals surface area contributed by atoms with E-state index in [1.807, 2.05) is 30.3 Å². The molecule has 0 unspecified atom stereocenters. The lowest BCUT2D eigenvalue weighted by molar-refractivity contribution is -0.150. The van der Waals surface area contributed by atoms with Crippen molar-refractivity contribution in [3.05, 3.63) is 83.8 Å². The summed E-state index contributed by atoms with van der Waals surface area (Å²) in [5, 5.41) is 3.75. The maximum absolute atomic E-state index is 13.0. The maximum Gasteiger partial charge on any atom is 0.331 e. The number of hydrogen-bond acceptors (Lipinski definition) is 4. The molecule has 0 saturated heterocycles. The van der Waals surface area contributed by atoms with Crippen LogP contribution >= 0.6 is 0 Å². The molecule has 1 heterocycles. The first kappa shape index (κ1) is 20.2. The highest BCUT2D eigenvalue weighted by Gasteiger charge is 2.19. The quantitative estimate of drug-likeness (QED) is 0.504. The third kappa shape index (κ3) is 5.48. The molecule has 29 heavy (non-hydrogen) atoms. The molecule has 0 aliphatic carbocycles. The van der Waals surface area contributed by atoms with E-state index >= 15 is 0 Å². The molecule has 3 rings (SSSR count). The summed E-state index contributed by atoms with van der Waals surface area (Å²) >= 11 is 0. The van der Waals surface area contributed by atoms with E-state index in [1.54, 1.807) is 31.2 Å². The number of ether oxygens (including phenoxy) is 1. The first-order chi connectivity index (χ1) is 13.9. The van der Waals surface area contributed by atoms with Crippen LogP contribution in [0.2, 0.25) is 0 Å². The second-order valence-corrected chi connectivity index (χ2v) is 6.62. The molecule has 6 heteroatoms. The average Bonchev–Trinajstić information content (AvgIpc) is 2.72. The van der Waals surface area contributed by atoms with Crippen LogP contribution < -0.4 is 5.32 Å². The number of benzene rings is 2. The van der Waals surface area contributed by atoms with Gasteiger partial charge in [0.05, 0.1) is 17.3 Å². The number of para-hydroxylation sites is 1. The lowest BCUT2D eigenvalue weighted by Gasteiger charge is -2.17. The molecule has 0 saturated carbocycles. The van der Waals surface area contributed by atoms with E-state index in [-0.39, 0.29) is 11.9 Å². The standard InChI is InChI=1S/C23H21FN2O3/c1-15(17-7-10-19(24)11-8-17)25-23(28)16(2)29-22(27)14-13-20-12-9-18-5-3-4-6-21(18)26-20/h3-16H,1-2H3,(H,25,28)/b14-13+/t15-,16+/m0/s1. The van der Waals surface area contributed by atoms with Gasteiger partial charge in [0, 0.05) is 11.5 Å². The number of rotatable bonds is 6. The number of fused-ring (bicyclic) bond motifs is 1. The molecular weight excluding hydrogens is 371 g/mol. The van der Waals surface area contributed by atoms with Gasteiger partial charge in [-0.05, 0) is 49.8 Å². The number of nitrogens with one attached hydrogen (secondary N) is 1. The molecule has 2 atom stereocenters. The molecule has 2 aromatic carbocycles. The highest BCUT2D eigenvalue weighted by molar-refractivity contribution is 5.90. The lowest BCUT2D eigenvalue weighted by Crippen LogP contribution is -2.37. The van der Waals surface area contributed by atoms with Gasteiger partial charge in [-0.15, -0.1) is 0 Å². The first-order valence-corrected chi connectivity index (χ1v) is 9.23. The van der Waals surface area contributed by atoms with Crippen LogP contribution in [-0.4, -0.2) is 23.0 Å². The van der Waals surface area contributed by atoms with Gasteiger partial charge in [-0.2, -0.15) is 0 Å². The first-order valence-electron chi connectivity index (χ1n) is 9.23. The Labute approximate surface area is 168 Å². The van der Waals surface area contributed by atoms with Crippen LogP contribution in [0.15, 0.2) is 66.7 Å². The molecule has 5 nitrogen and oxygen atoms in total. The Hall–Kier alpha value is -3.54. The fourth-order valence-electron chi connectivity index (χ4n) is 2.76. The summed E-state index contributed by atoms with van der Waals surface area (Å²) in [4.78, 5) is 28.7. The number of carbonyl (C=O) groups excluding carboxylic acids is 2. The molecule has 0 aliphatic heterocycles. The number of amides is 1. The molecule has 0 radical (unpaired) electrons. The zero-order valence-electron chi connectivity index (χ0n) is 16.1. The fourth-order valence-corrected chi connectivity index (χ4v) is 2.76. The van der Waals surface area contributed by atoms with E-state index in [1.165, 1.54) is 25.1 Å². The smallest absolute Gasteiger partial charge is 0.331 e. The van der Waals surface area contributed by atoms with Crippen LogP contribution in [0.5, 0.6) is 0 Å². The third-order valence-electron chi connectivity index (χ3n) is 4.40. The monoisotopic (exact) mass is 392 g/mol. The van der Waals surface area contributed by atoms with Gasteiger partial charge in [-0.25, -0.2) is 14.2 Å². The topological polar surface area (TPSA) is 68.3 Å². The summed E-state index contributed by atoms with van der Waals surface area (Å²) in [7, 11) is 0. The molecule has 0 bridgehead atoms. The molecule has 1 amide bonds. The van der Waals surface area contributed by atoms with Gasteiger partial charge >= 0.3 is 5.97 Å². The van der Waals surface area contributed by atoms with Crippen LogP contribution in [0.1, 0.15) is 31.1 Å². The van der Waals surface area contributed by atoms with E-state index in [9.17, 15) is 14.0 Å². The molecule has 1 N–H and O–H groups in total. The van der Waals surface area contributed by atoms with Crippen molar-refractivity contribution in [3.8, 4) is 0 Å². The van der Waals surface area contributed by atoms with E-state index in [0.717, 1.165) is 16.5 Å². The molecule has 3 aromatic rings. The Bertz CT molecular complexity index is 1050. The minimum Gasteiger partial charge on any atom is -0.449 e. The number of carbonyl (C=O) groups is 2. The van der Waals surface area contributed by atoms with Gasteiger partial charge in [0.2, 0.25) is 0 Å². The summed E-state index contributed by atoms with van der Waals surface area (Å²) < 4.78 is 18.2. The normalized spacial score (nSPS) is 13.2. The highest BCUT2D eigenvalue weighted by Crippen LogP contribution is 2.14. The Morgan fingerprint density at radius 2 is 1.76 bits per heavy atom. The fraction of sp³-hybridized carbons (Fsp3) is 0.174. The minimum absolute atomic E-state index is 0.345. The lowest BCUT2D eigenvalue weighted by atomic mass is 10.1. The molecule has 148 valence electrons. The van der Waals surface area contributed by atoms with Crippen molar-refractivity contribution >= 4 is 28.9 Å². The second-order valence-electron chi connectivity index (χ2n) is 6.62. The second kappa shape index (κ2) is 9.10. The Balaban J connectivity index is 1.55. The molecule has 0 aliphatic rings. The van der Waals surface area contributed by atoms with Gasteiger partial charge < -0.3 is 10.1 Å². The molecule has 0 spiro atoms. The van der Waals surface area contributed by atoms with Crippen molar-refractivity contribution in [2.24, 2.45) is 0 Å². The van der Waals surface area contributed by atoms with E-state index < -0.39 is 18.0 Å². The molecule has 0 fully saturated rings. The van der Waals surface area contributed by atoms with E-state index in [0.29, 0.717) is 5.69 Å². The zero-order valence-corrected chi connectivity index (χ0v) is 16.1. The number of halogens is 1. The number of hydrogen-bond donors (Lipinski definition) is 1. The Morgan fingerprint density at radius 1 is 1.03 bits per heavy atom. The van der Waals surface area contributed by atoms with Gasteiger partial charge in [-0.3, -0.25) is 4.79 Å². The minimum atomic E-state index is -0.973. The van der Waals surface area contributed by atoms with Gasteiger partial charge in [0.15, 0.2) is 6.10 Å². The SMILES string of the molecule is C[C@H](NC(=O)[C@@H](C)OC(=O)/C=C/c1ccc2ccccc2n1)c1ccc(F)cc1. The zero-order chi connectivity index (χ0) is 20.8. The number of esters is 1. The summed E-state index contributed by atoms with van der Waals surface area (Å²) in [5.74, 6) is -1.42. The van der Waals surface area contributed by atoms with Crippen LogP contribution in [0, 0.1) is 5.82 Å². The highest BCUT2D eigenvalue weighted by atomic mass is 19.1. The maximum atomic E-state index is 13.0. The van der Waals surface area contributed by atoms with Crippen LogP contribution in [0.25, 0.3) is 17.0 Å². The van der Waals surface area contributed by atoms with Gasteiger partial charge in [0.1, 0.15) is 5.82 Å². The third-order valence-corrected chi connectivity index (χ3v) is 4.40. The molecular formula is C23H21FN2O3. The predicted molar refractivity (Wildman–Crippen MR) is 109 cm³/mol. The van der Waals surface area contributed by atoms with Crippen molar-refractivity contribution in [1.29, 1.82) is 0 Å².